The van der Waals surface area contributed by atoms with E-state index in [0.29, 0.717) is 0 Å². The third kappa shape index (κ3) is 2.84. The topological polar surface area (TPSA) is 29.9 Å². The van der Waals surface area contributed by atoms with Gasteiger partial charge in [-0.05, 0) is 46.3 Å². The zero-order valence-corrected chi connectivity index (χ0v) is 8.80. The maximum Gasteiger partial charge on any atom is 0.0596 e. The second-order valence-corrected chi connectivity index (χ2v) is 3.30. The molecule has 0 aliphatic heterocycles. The molecule has 3 nitrogen and oxygen atoms in total. The number of aromatic nitrogens is 2. The molecule has 0 unspecified atom stereocenters. The second-order valence-electron chi connectivity index (χ2n) is 3.30. The Morgan fingerprint density at radius 1 is 1.54 bits per heavy atom. The van der Waals surface area contributed by atoms with Gasteiger partial charge in [-0.2, -0.15) is 5.10 Å². The Morgan fingerprint density at radius 2 is 2.31 bits per heavy atom. The first kappa shape index (κ1) is 10.3. The Balaban J connectivity index is 2.53. The molecule has 1 aromatic heterocycles. The number of hydrogen-bond acceptors (Lipinski definition) is 2. The van der Waals surface area contributed by atoms with Crippen LogP contribution in [0, 0.1) is 6.92 Å². The summed E-state index contributed by atoms with van der Waals surface area (Å²) in [5, 5.41) is 7.56. The zero-order chi connectivity index (χ0) is 9.68. The van der Waals surface area contributed by atoms with Gasteiger partial charge in [0.1, 0.15) is 0 Å². The van der Waals surface area contributed by atoms with Crippen molar-refractivity contribution in [2.45, 2.75) is 33.2 Å². The fourth-order valence-corrected chi connectivity index (χ4v) is 1.52. The van der Waals surface area contributed by atoms with Crippen molar-refractivity contribution < 1.29 is 0 Å². The van der Waals surface area contributed by atoms with Crippen LogP contribution in [0.3, 0.4) is 0 Å². The summed E-state index contributed by atoms with van der Waals surface area (Å²) in [5.41, 5.74) is 2.48. The minimum absolute atomic E-state index is 0.975. The van der Waals surface area contributed by atoms with Gasteiger partial charge in [0.2, 0.25) is 0 Å². The first-order chi connectivity index (χ1) is 6.27. The highest BCUT2D eigenvalue weighted by Crippen LogP contribution is 2.05. The van der Waals surface area contributed by atoms with Crippen LogP contribution in [0.1, 0.15) is 24.7 Å². The van der Waals surface area contributed by atoms with Crippen LogP contribution >= 0.6 is 0 Å². The molecule has 13 heavy (non-hydrogen) atoms. The van der Waals surface area contributed by atoms with E-state index in [1.54, 1.807) is 0 Å². The van der Waals surface area contributed by atoms with E-state index in [2.05, 4.69) is 28.1 Å². The number of aryl methyl sites for hydroxylation is 3. The summed E-state index contributed by atoms with van der Waals surface area (Å²) in [7, 11) is 1.99. The van der Waals surface area contributed by atoms with Gasteiger partial charge in [-0.25, -0.2) is 0 Å². The average Bonchev–Trinajstić information content (AvgIpc) is 2.47. The van der Waals surface area contributed by atoms with E-state index in [4.69, 9.17) is 0 Å². The number of rotatable bonds is 5. The van der Waals surface area contributed by atoms with E-state index in [-0.39, 0.29) is 0 Å². The Bertz CT molecular complexity index is 253. The lowest BCUT2D eigenvalue weighted by atomic mass is 10.2. The summed E-state index contributed by atoms with van der Waals surface area (Å²) in [6, 6.07) is 2.18. The molecule has 0 saturated heterocycles. The highest BCUT2D eigenvalue weighted by Gasteiger charge is 2.02. The molecule has 0 aromatic carbocycles. The van der Waals surface area contributed by atoms with E-state index in [9.17, 15) is 0 Å². The van der Waals surface area contributed by atoms with Crippen LogP contribution in [-0.4, -0.2) is 23.4 Å². The van der Waals surface area contributed by atoms with Gasteiger partial charge in [0, 0.05) is 12.2 Å². The first-order valence-electron chi connectivity index (χ1n) is 4.96. The van der Waals surface area contributed by atoms with E-state index < -0.39 is 0 Å². The third-order valence-corrected chi connectivity index (χ3v) is 2.14. The maximum atomic E-state index is 4.40. The molecule has 0 spiro atoms. The summed E-state index contributed by atoms with van der Waals surface area (Å²) in [6.07, 6.45) is 2.30. The van der Waals surface area contributed by atoms with Crippen LogP contribution in [0.5, 0.6) is 0 Å². The molecular weight excluding hydrogens is 162 g/mol. The van der Waals surface area contributed by atoms with E-state index in [1.165, 1.54) is 12.1 Å². The van der Waals surface area contributed by atoms with E-state index in [0.717, 1.165) is 25.2 Å². The van der Waals surface area contributed by atoms with Crippen LogP contribution in [-0.2, 0) is 13.0 Å². The average molecular weight is 181 g/mol. The van der Waals surface area contributed by atoms with E-state index in [1.807, 2.05) is 14.0 Å². The molecule has 0 fully saturated rings. The number of nitrogens with zero attached hydrogens (tertiary/aromatic N) is 2. The van der Waals surface area contributed by atoms with Gasteiger partial charge < -0.3 is 5.32 Å². The third-order valence-electron chi connectivity index (χ3n) is 2.14. The molecule has 0 atom stereocenters. The van der Waals surface area contributed by atoms with Crippen molar-refractivity contribution in [3.05, 3.63) is 17.5 Å². The van der Waals surface area contributed by atoms with E-state index >= 15 is 0 Å². The van der Waals surface area contributed by atoms with Crippen LogP contribution in [0.15, 0.2) is 6.07 Å². The van der Waals surface area contributed by atoms with Gasteiger partial charge in [0.15, 0.2) is 0 Å². The predicted molar refractivity (Wildman–Crippen MR) is 54.9 cm³/mol. The second kappa shape index (κ2) is 5.02. The van der Waals surface area contributed by atoms with Gasteiger partial charge in [0.05, 0.1) is 5.69 Å². The molecule has 0 aliphatic rings. The molecule has 0 aliphatic carbocycles. The highest BCUT2D eigenvalue weighted by atomic mass is 15.3. The summed E-state index contributed by atoms with van der Waals surface area (Å²) in [4.78, 5) is 0. The molecule has 74 valence electrons. The van der Waals surface area contributed by atoms with Crippen LogP contribution < -0.4 is 5.32 Å². The van der Waals surface area contributed by atoms with Crippen molar-refractivity contribution in [1.82, 2.24) is 15.1 Å². The highest BCUT2D eigenvalue weighted by molar-refractivity contribution is 5.08. The SMILES string of the molecule is CCn1nc(C)cc1CCCNC. The molecule has 0 radical (unpaired) electrons. The van der Waals surface area contributed by atoms with Gasteiger partial charge in [-0.1, -0.05) is 0 Å². The summed E-state index contributed by atoms with van der Waals surface area (Å²) >= 11 is 0. The lowest BCUT2D eigenvalue weighted by molar-refractivity contribution is 0.599. The monoisotopic (exact) mass is 181 g/mol. The predicted octanol–water partition coefficient (Wildman–Crippen LogP) is 1.36. The lowest BCUT2D eigenvalue weighted by Crippen LogP contribution is -2.10. The maximum absolute atomic E-state index is 4.40. The van der Waals surface area contributed by atoms with Crippen molar-refractivity contribution >= 4 is 0 Å². The van der Waals surface area contributed by atoms with Crippen LogP contribution in [0.25, 0.3) is 0 Å². The Labute approximate surface area is 80.1 Å². The largest absolute Gasteiger partial charge is 0.320 e. The van der Waals surface area contributed by atoms with Gasteiger partial charge in [-0.15, -0.1) is 0 Å². The Hall–Kier alpha value is -0.830. The quantitative estimate of drug-likeness (QED) is 0.695. The smallest absolute Gasteiger partial charge is 0.0596 e. The molecule has 0 bridgehead atoms. The van der Waals surface area contributed by atoms with Crippen molar-refractivity contribution in [2.24, 2.45) is 0 Å². The standard InChI is InChI=1S/C10H19N3/c1-4-13-10(6-5-7-11-3)8-9(2)12-13/h8,11H,4-7H2,1-3H3. The molecule has 0 saturated carbocycles. The number of hydrogen-bond donors (Lipinski definition) is 1. The number of nitrogens with one attached hydrogen (secondary N) is 1. The minimum atomic E-state index is 0.975. The van der Waals surface area contributed by atoms with Crippen LogP contribution in [0.2, 0.25) is 0 Å². The van der Waals surface area contributed by atoms with Crippen LogP contribution in [0.4, 0.5) is 0 Å². The lowest BCUT2D eigenvalue weighted by Gasteiger charge is -2.03. The first-order valence-corrected chi connectivity index (χ1v) is 4.96. The fourth-order valence-electron chi connectivity index (χ4n) is 1.52. The Kier molecular flexibility index (Phi) is 3.96. The Morgan fingerprint density at radius 3 is 2.92 bits per heavy atom. The molecule has 0 amide bonds. The molecular formula is C10H19N3. The van der Waals surface area contributed by atoms with Crippen molar-refractivity contribution in [2.75, 3.05) is 13.6 Å². The summed E-state index contributed by atoms with van der Waals surface area (Å²) < 4.78 is 2.09. The van der Waals surface area contributed by atoms with Gasteiger partial charge >= 0.3 is 0 Å². The fraction of sp³-hybridized carbons (Fsp3) is 0.700. The van der Waals surface area contributed by atoms with Gasteiger partial charge in [0.25, 0.3) is 0 Å². The normalized spacial score (nSPS) is 10.7. The molecule has 1 N–H and O–H groups in total. The molecule has 1 aromatic rings. The van der Waals surface area contributed by atoms with Gasteiger partial charge in [-0.3, -0.25) is 4.68 Å². The van der Waals surface area contributed by atoms with Crippen molar-refractivity contribution in [3.8, 4) is 0 Å². The molecule has 1 rings (SSSR count). The summed E-state index contributed by atoms with van der Waals surface area (Å²) in [5.74, 6) is 0. The molecule has 1 heterocycles. The summed E-state index contributed by atoms with van der Waals surface area (Å²) in [6.45, 7) is 6.23. The zero-order valence-electron chi connectivity index (χ0n) is 8.80. The van der Waals surface area contributed by atoms with Crippen molar-refractivity contribution in [1.29, 1.82) is 0 Å². The van der Waals surface area contributed by atoms with Crippen molar-refractivity contribution in [3.63, 3.8) is 0 Å². The minimum Gasteiger partial charge on any atom is -0.320 e. The molecule has 3 heteroatoms.